The largest absolute Gasteiger partial charge is 0.478 e. The van der Waals surface area contributed by atoms with Crippen molar-refractivity contribution in [1.82, 2.24) is 15.2 Å². The summed E-state index contributed by atoms with van der Waals surface area (Å²) in [7, 11) is 0. The SMILES string of the molecule is CCNC(=O)[C@H]1Cc2ccccc2CN1Cc1cncc(C(=O)O)c1. The Morgan fingerprint density at radius 3 is 2.76 bits per heavy atom. The van der Waals surface area contributed by atoms with Crippen molar-refractivity contribution in [2.45, 2.75) is 32.5 Å². The summed E-state index contributed by atoms with van der Waals surface area (Å²) in [5.74, 6) is -1.00. The van der Waals surface area contributed by atoms with Gasteiger partial charge in [0, 0.05) is 32.0 Å². The zero-order valence-corrected chi connectivity index (χ0v) is 14.1. The third-order valence-corrected chi connectivity index (χ3v) is 4.43. The highest BCUT2D eigenvalue weighted by atomic mass is 16.4. The molecule has 1 amide bonds. The number of likely N-dealkylation sites (N-methyl/N-ethyl adjacent to an activating group) is 1. The van der Waals surface area contributed by atoms with E-state index in [2.05, 4.69) is 27.3 Å². The van der Waals surface area contributed by atoms with E-state index in [0.29, 0.717) is 26.1 Å². The summed E-state index contributed by atoms with van der Waals surface area (Å²) in [6.45, 7) is 3.61. The number of hydrogen-bond donors (Lipinski definition) is 2. The molecule has 1 aromatic heterocycles. The molecule has 0 fully saturated rings. The van der Waals surface area contributed by atoms with Crippen molar-refractivity contribution >= 4 is 11.9 Å². The van der Waals surface area contributed by atoms with E-state index < -0.39 is 5.97 Å². The van der Waals surface area contributed by atoms with Crippen LogP contribution in [0.1, 0.15) is 34.0 Å². The molecule has 0 aliphatic carbocycles. The first-order valence-corrected chi connectivity index (χ1v) is 8.34. The van der Waals surface area contributed by atoms with Gasteiger partial charge in [0.05, 0.1) is 11.6 Å². The third kappa shape index (κ3) is 3.85. The standard InChI is InChI=1S/C19H21N3O3/c1-2-21-18(23)17-8-14-5-3-4-6-15(14)12-22(17)11-13-7-16(19(24)25)10-20-9-13/h3-7,9-10,17H,2,8,11-12H2,1H3,(H,21,23)(H,24,25)/t17-/m1/s1. The zero-order chi connectivity index (χ0) is 17.8. The summed E-state index contributed by atoms with van der Waals surface area (Å²) in [6.07, 6.45) is 3.63. The molecule has 0 bridgehead atoms. The summed E-state index contributed by atoms with van der Waals surface area (Å²) >= 11 is 0. The van der Waals surface area contributed by atoms with Crippen LogP contribution in [0.5, 0.6) is 0 Å². The first kappa shape index (κ1) is 17.1. The van der Waals surface area contributed by atoms with Gasteiger partial charge in [-0.25, -0.2) is 4.79 Å². The Kier molecular flexibility index (Phi) is 5.09. The Balaban J connectivity index is 1.87. The second-order valence-corrected chi connectivity index (χ2v) is 6.18. The van der Waals surface area contributed by atoms with Crippen LogP contribution in [0, 0.1) is 0 Å². The summed E-state index contributed by atoms with van der Waals surface area (Å²) in [4.78, 5) is 29.8. The Morgan fingerprint density at radius 1 is 1.28 bits per heavy atom. The molecule has 1 aromatic carbocycles. The summed E-state index contributed by atoms with van der Waals surface area (Å²) in [5, 5.41) is 12.0. The molecule has 6 heteroatoms. The van der Waals surface area contributed by atoms with Gasteiger partial charge in [-0.3, -0.25) is 14.7 Å². The van der Waals surface area contributed by atoms with Crippen molar-refractivity contribution < 1.29 is 14.7 Å². The second-order valence-electron chi connectivity index (χ2n) is 6.18. The predicted molar refractivity (Wildman–Crippen MR) is 93.1 cm³/mol. The van der Waals surface area contributed by atoms with Gasteiger partial charge in [0.1, 0.15) is 0 Å². The normalized spacial score (nSPS) is 16.9. The highest BCUT2D eigenvalue weighted by molar-refractivity contribution is 5.87. The number of aromatic nitrogens is 1. The van der Waals surface area contributed by atoms with Crippen molar-refractivity contribution in [2.75, 3.05) is 6.54 Å². The summed E-state index contributed by atoms with van der Waals surface area (Å²) in [6, 6.07) is 9.46. The van der Waals surface area contributed by atoms with Gasteiger partial charge >= 0.3 is 5.97 Å². The average Bonchev–Trinajstić information content (AvgIpc) is 2.61. The minimum Gasteiger partial charge on any atom is -0.478 e. The molecule has 0 saturated carbocycles. The molecular formula is C19H21N3O3. The first-order chi connectivity index (χ1) is 12.1. The minimum atomic E-state index is -1.00. The lowest BCUT2D eigenvalue weighted by Crippen LogP contribution is -2.49. The van der Waals surface area contributed by atoms with Gasteiger partial charge in [-0.1, -0.05) is 24.3 Å². The number of benzene rings is 1. The van der Waals surface area contributed by atoms with Crippen molar-refractivity contribution in [3.05, 3.63) is 65.0 Å². The van der Waals surface area contributed by atoms with E-state index >= 15 is 0 Å². The van der Waals surface area contributed by atoms with E-state index in [1.165, 1.54) is 17.3 Å². The molecule has 1 aliphatic heterocycles. The van der Waals surface area contributed by atoms with E-state index in [1.54, 1.807) is 12.3 Å². The molecule has 0 radical (unpaired) electrons. The molecule has 6 nitrogen and oxygen atoms in total. The third-order valence-electron chi connectivity index (χ3n) is 4.43. The molecule has 1 atom stereocenters. The Hall–Kier alpha value is -2.73. The van der Waals surface area contributed by atoms with E-state index in [9.17, 15) is 9.59 Å². The van der Waals surface area contributed by atoms with E-state index in [1.807, 2.05) is 19.1 Å². The Morgan fingerprint density at radius 2 is 2.04 bits per heavy atom. The average molecular weight is 339 g/mol. The predicted octanol–water partition coefficient (Wildman–Crippen LogP) is 1.84. The monoisotopic (exact) mass is 339 g/mol. The number of fused-ring (bicyclic) bond motifs is 1. The van der Waals surface area contributed by atoms with Gasteiger partial charge < -0.3 is 10.4 Å². The topological polar surface area (TPSA) is 82.5 Å². The van der Waals surface area contributed by atoms with Gasteiger partial charge in [0.15, 0.2) is 0 Å². The lowest BCUT2D eigenvalue weighted by molar-refractivity contribution is -0.127. The number of carboxylic acids is 1. The van der Waals surface area contributed by atoms with Crippen LogP contribution in [-0.2, 0) is 24.3 Å². The number of nitrogens with zero attached hydrogens (tertiary/aromatic N) is 2. The second kappa shape index (κ2) is 7.44. The van der Waals surface area contributed by atoms with E-state index in [-0.39, 0.29) is 17.5 Å². The van der Waals surface area contributed by atoms with Crippen LogP contribution in [0.15, 0.2) is 42.7 Å². The van der Waals surface area contributed by atoms with Gasteiger partial charge in [-0.2, -0.15) is 0 Å². The molecule has 2 aromatic rings. The van der Waals surface area contributed by atoms with E-state index in [4.69, 9.17) is 5.11 Å². The number of carbonyl (C=O) groups excluding carboxylic acids is 1. The fraction of sp³-hybridized carbons (Fsp3) is 0.316. The van der Waals surface area contributed by atoms with Crippen LogP contribution in [0.3, 0.4) is 0 Å². The Bertz CT molecular complexity index is 791. The van der Waals surface area contributed by atoms with Crippen LogP contribution in [0.25, 0.3) is 0 Å². The van der Waals surface area contributed by atoms with E-state index in [0.717, 1.165) is 5.56 Å². The highest BCUT2D eigenvalue weighted by Crippen LogP contribution is 2.25. The molecule has 1 aliphatic rings. The number of rotatable bonds is 5. The molecular weight excluding hydrogens is 318 g/mol. The van der Waals surface area contributed by atoms with Crippen LogP contribution >= 0.6 is 0 Å². The lowest BCUT2D eigenvalue weighted by atomic mass is 9.93. The van der Waals surface area contributed by atoms with Gasteiger partial charge in [-0.05, 0) is 36.1 Å². The number of amides is 1. The van der Waals surface area contributed by atoms with Crippen molar-refractivity contribution in [2.24, 2.45) is 0 Å². The first-order valence-electron chi connectivity index (χ1n) is 8.34. The van der Waals surface area contributed by atoms with Crippen molar-refractivity contribution in [3.63, 3.8) is 0 Å². The molecule has 25 heavy (non-hydrogen) atoms. The maximum atomic E-state index is 12.5. The molecule has 0 unspecified atom stereocenters. The van der Waals surface area contributed by atoms with Crippen LogP contribution in [-0.4, -0.2) is 39.5 Å². The van der Waals surface area contributed by atoms with Gasteiger partial charge in [0.25, 0.3) is 0 Å². The molecule has 0 spiro atoms. The number of carboxylic acid groups (broad SMARTS) is 1. The summed E-state index contributed by atoms with van der Waals surface area (Å²) in [5.41, 5.74) is 3.33. The highest BCUT2D eigenvalue weighted by Gasteiger charge is 2.31. The quantitative estimate of drug-likeness (QED) is 0.869. The number of aromatic carboxylic acids is 1. The summed E-state index contributed by atoms with van der Waals surface area (Å²) < 4.78 is 0. The molecule has 2 heterocycles. The number of hydrogen-bond acceptors (Lipinski definition) is 4. The zero-order valence-electron chi connectivity index (χ0n) is 14.1. The smallest absolute Gasteiger partial charge is 0.337 e. The maximum absolute atomic E-state index is 12.5. The van der Waals surface area contributed by atoms with Gasteiger partial charge in [-0.15, -0.1) is 0 Å². The van der Waals surface area contributed by atoms with Crippen LogP contribution in [0.2, 0.25) is 0 Å². The number of nitrogens with one attached hydrogen (secondary N) is 1. The Labute approximate surface area is 146 Å². The maximum Gasteiger partial charge on any atom is 0.337 e. The number of pyridine rings is 1. The van der Waals surface area contributed by atoms with Gasteiger partial charge in [0.2, 0.25) is 5.91 Å². The fourth-order valence-corrected chi connectivity index (χ4v) is 3.22. The molecule has 0 saturated heterocycles. The van der Waals surface area contributed by atoms with Crippen LogP contribution < -0.4 is 5.32 Å². The van der Waals surface area contributed by atoms with Crippen molar-refractivity contribution in [3.8, 4) is 0 Å². The molecule has 2 N–H and O–H groups in total. The number of carbonyl (C=O) groups is 2. The fourth-order valence-electron chi connectivity index (χ4n) is 3.22. The van der Waals surface area contributed by atoms with Crippen LogP contribution in [0.4, 0.5) is 0 Å². The minimum absolute atomic E-state index is 0.000601. The molecule has 130 valence electrons. The molecule has 3 rings (SSSR count). The lowest BCUT2D eigenvalue weighted by Gasteiger charge is -2.36. The van der Waals surface area contributed by atoms with Crippen molar-refractivity contribution in [1.29, 1.82) is 0 Å².